The Bertz CT molecular complexity index is 2130. The predicted molar refractivity (Wildman–Crippen MR) is 165 cm³/mol. The first-order chi connectivity index (χ1) is 19.8. The van der Waals surface area contributed by atoms with Crippen molar-refractivity contribution in [1.29, 1.82) is 0 Å². The number of para-hydroxylation sites is 2. The Morgan fingerprint density at radius 1 is 0.350 bits per heavy atom. The van der Waals surface area contributed by atoms with Crippen molar-refractivity contribution in [3.63, 3.8) is 0 Å². The molecule has 0 spiro atoms. The van der Waals surface area contributed by atoms with E-state index in [-0.39, 0.29) is 0 Å². The minimum absolute atomic E-state index is 0.934. The maximum absolute atomic E-state index is 5.23. The van der Waals surface area contributed by atoms with Gasteiger partial charge in [0, 0.05) is 45.1 Å². The third-order valence-electron chi connectivity index (χ3n) is 8.13. The van der Waals surface area contributed by atoms with E-state index in [2.05, 4.69) is 143 Å². The number of hydrogen-bond acceptors (Lipinski definition) is 2. The molecule has 0 saturated heterocycles. The van der Waals surface area contributed by atoms with Crippen LogP contribution in [0.25, 0.3) is 77.2 Å². The van der Waals surface area contributed by atoms with Crippen LogP contribution < -0.4 is 0 Å². The number of pyridine rings is 2. The fourth-order valence-corrected chi connectivity index (χ4v) is 6.35. The van der Waals surface area contributed by atoms with Crippen molar-refractivity contribution in [3.8, 4) is 22.5 Å². The molecule has 5 aromatic carbocycles. The molecular weight excluding hydrogens is 488 g/mol. The van der Waals surface area contributed by atoms with Crippen LogP contribution in [0.3, 0.4) is 0 Å². The Hall–Kier alpha value is -5.48. The number of hydrogen-bond donors (Lipinski definition) is 0. The normalized spacial score (nSPS) is 12.0. The summed E-state index contributed by atoms with van der Waals surface area (Å²) in [6.45, 7) is 0. The standard InChI is InChI=1S/C36H22N4/c1-5-17-29-23(11-1)27-15-7-9-19-33(27)39-21-31(37-35(29)39)25-13-3-4-14-26(25)32-22-40-34-20-10-8-16-28(34)24-12-2-6-18-30(24)36(40)38-32/h1-22H. The number of rotatable bonds is 2. The lowest BCUT2D eigenvalue weighted by atomic mass is 10.0. The zero-order chi connectivity index (χ0) is 26.2. The lowest BCUT2D eigenvalue weighted by Crippen LogP contribution is -1.89. The summed E-state index contributed by atoms with van der Waals surface area (Å²) < 4.78 is 4.46. The molecule has 0 atom stereocenters. The van der Waals surface area contributed by atoms with Gasteiger partial charge in [0.2, 0.25) is 0 Å². The summed E-state index contributed by atoms with van der Waals surface area (Å²) in [5.41, 5.74) is 8.23. The molecule has 4 heteroatoms. The minimum atomic E-state index is 0.934. The third kappa shape index (κ3) is 2.90. The van der Waals surface area contributed by atoms with Gasteiger partial charge in [-0.1, -0.05) is 109 Å². The van der Waals surface area contributed by atoms with Crippen LogP contribution in [0.2, 0.25) is 0 Å². The van der Waals surface area contributed by atoms with Crippen molar-refractivity contribution >= 4 is 54.6 Å². The average Bonchev–Trinajstić information content (AvgIpc) is 3.68. The Balaban J connectivity index is 1.33. The third-order valence-corrected chi connectivity index (χ3v) is 8.13. The molecule has 0 aliphatic heterocycles. The van der Waals surface area contributed by atoms with Crippen LogP contribution in [0, 0.1) is 0 Å². The second-order valence-electron chi connectivity index (χ2n) is 10.3. The van der Waals surface area contributed by atoms with Crippen molar-refractivity contribution in [1.82, 2.24) is 18.8 Å². The first-order valence-electron chi connectivity index (χ1n) is 13.5. The van der Waals surface area contributed by atoms with E-state index >= 15 is 0 Å². The van der Waals surface area contributed by atoms with Crippen LogP contribution in [-0.2, 0) is 0 Å². The number of aromatic nitrogens is 4. The molecule has 0 radical (unpaired) electrons. The lowest BCUT2D eigenvalue weighted by molar-refractivity contribution is 1.27. The van der Waals surface area contributed by atoms with Crippen molar-refractivity contribution in [3.05, 3.63) is 134 Å². The second-order valence-corrected chi connectivity index (χ2v) is 10.3. The van der Waals surface area contributed by atoms with Crippen molar-refractivity contribution in [2.45, 2.75) is 0 Å². The van der Waals surface area contributed by atoms with Gasteiger partial charge in [0.1, 0.15) is 11.3 Å². The van der Waals surface area contributed by atoms with E-state index in [0.29, 0.717) is 0 Å². The second kappa shape index (κ2) is 8.01. The first-order valence-corrected chi connectivity index (χ1v) is 13.5. The molecule has 9 aromatic rings. The van der Waals surface area contributed by atoms with E-state index in [1.54, 1.807) is 0 Å². The van der Waals surface area contributed by atoms with Crippen LogP contribution in [0.5, 0.6) is 0 Å². The topological polar surface area (TPSA) is 34.6 Å². The molecule has 0 amide bonds. The highest BCUT2D eigenvalue weighted by atomic mass is 15.0. The highest BCUT2D eigenvalue weighted by Crippen LogP contribution is 2.37. The maximum Gasteiger partial charge on any atom is 0.145 e. The molecule has 9 rings (SSSR count). The fraction of sp³-hybridized carbons (Fsp3) is 0. The van der Waals surface area contributed by atoms with E-state index in [1.165, 1.54) is 21.5 Å². The van der Waals surface area contributed by atoms with Gasteiger partial charge < -0.3 is 0 Å². The number of nitrogens with zero attached hydrogens (tertiary/aromatic N) is 4. The highest BCUT2D eigenvalue weighted by molar-refractivity contribution is 6.13. The zero-order valence-corrected chi connectivity index (χ0v) is 21.5. The highest BCUT2D eigenvalue weighted by Gasteiger charge is 2.18. The molecule has 0 unspecified atom stereocenters. The smallest absolute Gasteiger partial charge is 0.145 e. The van der Waals surface area contributed by atoms with Crippen LogP contribution in [-0.4, -0.2) is 18.8 Å². The van der Waals surface area contributed by atoms with Gasteiger partial charge in [0.15, 0.2) is 0 Å². The molecule has 0 aliphatic carbocycles. The van der Waals surface area contributed by atoms with Crippen LogP contribution >= 0.6 is 0 Å². The number of fused-ring (bicyclic) bond motifs is 12. The van der Waals surface area contributed by atoms with Gasteiger partial charge in [-0.25, -0.2) is 9.97 Å². The molecule has 40 heavy (non-hydrogen) atoms. The number of imidazole rings is 2. The van der Waals surface area contributed by atoms with Gasteiger partial charge in [-0.3, -0.25) is 8.80 Å². The Kier molecular flexibility index (Phi) is 4.30. The van der Waals surface area contributed by atoms with E-state index in [0.717, 1.165) is 55.6 Å². The number of benzene rings is 5. The lowest BCUT2D eigenvalue weighted by Gasteiger charge is -2.07. The quantitative estimate of drug-likeness (QED) is 0.218. The van der Waals surface area contributed by atoms with Crippen molar-refractivity contribution < 1.29 is 0 Å². The molecule has 4 heterocycles. The summed E-state index contributed by atoms with van der Waals surface area (Å²) >= 11 is 0. The van der Waals surface area contributed by atoms with Crippen LogP contribution in [0.4, 0.5) is 0 Å². The van der Waals surface area contributed by atoms with E-state index in [9.17, 15) is 0 Å². The van der Waals surface area contributed by atoms with Crippen molar-refractivity contribution in [2.24, 2.45) is 0 Å². The monoisotopic (exact) mass is 510 g/mol. The van der Waals surface area contributed by atoms with Crippen LogP contribution in [0.1, 0.15) is 0 Å². The van der Waals surface area contributed by atoms with Crippen molar-refractivity contribution in [2.75, 3.05) is 0 Å². The van der Waals surface area contributed by atoms with E-state index < -0.39 is 0 Å². The maximum atomic E-state index is 5.23. The molecule has 4 aromatic heterocycles. The molecule has 0 N–H and O–H groups in total. The molecule has 4 nitrogen and oxygen atoms in total. The van der Waals surface area contributed by atoms with Gasteiger partial charge in [0.05, 0.1) is 22.4 Å². The van der Waals surface area contributed by atoms with Gasteiger partial charge in [-0.2, -0.15) is 0 Å². The summed E-state index contributed by atoms with van der Waals surface area (Å²) in [5.74, 6) is 0. The SMILES string of the molecule is c1ccc(-c2cn3c4ccccc4c4ccccc4c3n2)c(-c2cn3c4ccccc4c4ccccc4c3n2)c1. The molecule has 0 fully saturated rings. The van der Waals surface area contributed by atoms with Gasteiger partial charge in [-0.15, -0.1) is 0 Å². The van der Waals surface area contributed by atoms with E-state index in [4.69, 9.17) is 9.97 Å². The molecule has 0 bridgehead atoms. The minimum Gasteiger partial charge on any atom is -0.298 e. The summed E-state index contributed by atoms with van der Waals surface area (Å²) in [5, 5.41) is 7.18. The molecule has 0 saturated carbocycles. The predicted octanol–water partition coefficient (Wildman–Crippen LogP) is 8.93. The zero-order valence-electron chi connectivity index (χ0n) is 21.5. The van der Waals surface area contributed by atoms with Gasteiger partial charge in [0.25, 0.3) is 0 Å². The largest absolute Gasteiger partial charge is 0.298 e. The van der Waals surface area contributed by atoms with E-state index in [1.807, 2.05) is 0 Å². The Labute approximate surface area is 229 Å². The van der Waals surface area contributed by atoms with Crippen LogP contribution in [0.15, 0.2) is 134 Å². The summed E-state index contributed by atoms with van der Waals surface area (Å²) in [7, 11) is 0. The summed E-state index contributed by atoms with van der Waals surface area (Å²) in [6, 6.07) is 42.7. The van der Waals surface area contributed by atoms with Gasteiger partial charge in [-0.05, 0) is 22.9 Å². The summed E-state index contributed by atoms with van der Waals surface area (Å²) in [6.07, 6.45) is 4.34. The average molecular weight is 511 g/mol. The molecule has 186 valence electrons. The fourth-order valence-electron chi connectivity index (χ4n) is 6.35. The first kappa shape index (κ1) is 21.5. The molecular formula is C36H22N4. The summed E-state index contributed by atoms with van der Waals surface area (Å²) in [4.78, 5) is 10.5. The van der Waals surface area contributed by atoms with Gasteiger partial charge >= 0.3 is 0 Å². The Morgan fingerprint density at radius 2 is 0.700 bits per heavy atom. The Morgan fingerprint density at radius 3 is 1.15 bits per heavy atom. The molecule has 0 aliphatic rings.